The van der Waals surface area contributed by atoms with Crippen molar-refractivity contribution in [2.24, 2.45) is 11.8 Å². The first-order chi connectivity index (χ1) is 20.3. The lowest BCUT2D eigenvalue weighted by Gasteiger charge is -2.30. The van der Waals surface area contributed by atoms with Gasteiger partial charge in [0, 0.05) is 36.3 Å². The molecule has 242 valence electrons. The molecule has 0 bridgehead atoms. The van der Waals surface area contributed by atoms with E-state index in [1.54, 1.807) is 49.5 Å². The van der Waals surface area contributed by atoms with E-state index in [2.05, 4.69) is 0 Å². The number of carboxylic acids is 1. The monoisotopic (exact) mass is 626 g/mol. The molecule has 7 N–H and O–H groups in total. The van der Waals surface area contributed by atoms with E-state index in [9.17, 15) is 40.2 Å². The Morgan fingerprint density at radius 1 is 0.953 bits per heavy atom. The number of hydrogen-bond acceptors (Lipinski definition) is 9. The highest BCUT2D eigenvalue weighted by molar-refractivity contribution is 6.30. The topological polar surface area (TPSA) is 185 Å². The van der Waals surface area contributed by atoms with Gasteiger partial charge in [-0.25, -0.2) is 4.79 Å². The fraction of sp³-hybridized carbons (Fsp3) is 0.562. The van der Waals surface area contributed by atoms with Crippen molar-refractivity contribution < 1.29 is 50.1 Å². The van der Waals surface area contributed by atoms with E-state index in [4.69, 9.17) is 21.4 Å². The molecule has 11 heteroatoms. The van der Waals surface area contributed by atoms with Crippen LogP contribution in [0.3, 0.4) is 0 Å². The maximum Gasteiger partial charge on any atom is 0.331 e. The van der Waals surface area contributed by atoms with E-state index in [-0.39, 0.29) is 30.7 Å². The van der Waals surface area contributed by atoms with E-state index in [0.717, 1.165) is 12.0 Å². The van der Waals surface area contributed by atoms with Crippen LogP contribution < -0.4 is 0 Å². The summed E-state index contributed by atoms with van der Waals surface area (Å²) in [6.07, 6.45) is 9.05. The Kier molecular flexibility index (Phi) is 18.2. The molecular formula is C32H47ClO10. The minimum atomic E-state index is -1.56. The third kappa shape index (κ3) is 15.1. The molecule has 43 heavy (non-hydrogen) atoms. The number of esters is 1. The first-order valence-corrected chi connectivity index (χ1v) is 14.9. The van der Waals surface area contributed by atoms with E-state index in [1.807, 2.05) is 13.8 Å². The van der Waals surface area contributed by atoms with Crippen molar-refractivity contribution >= 4 is 23.5 Å². The van der Waals surface area contributed by atoms with Gasteiger partial charge in [-0.3, -0.25) is 4.79 Å². The molecule has 1 saturated carbocycles. The summed E-state index contributed by atoms with van der Waals surface area (Å²) < 4.78 is 5.21. The Hall–Kier alpha value is -2.57. The summed E-state index contributed by atoms with van der Waals surface area (Å²) >= 11 is 6.28. The van der Waals surface area contributed by atoms with Crippen molar-refractivity contribution in [3.8, 4) is 0 Å². The molecule has 0 heterocycles. The number of hydrogen-bond donors (Lipinski definition) is 7. The van der Waals surface area contributed by atoms with Crippen LogP contribution in [0.1, 0.15) is 59.3 Å². The summed E-state index contributed by atoms with van der Waals surface area (Å²) in [6, 6.07) is 0. The SMILES string of the molecule is CC/C=C/[C@@H](O)C[C@H](O)CC(O)[C@@H](O)[C@H](O)[C@H](C)/C(Cl)=C/C=C/C=C(C)/C=C/C=C/C(=O)O[C@@H]1CC(C(=O)O)CC[C@@H]1O. The molecule has 0 saturated heterocycles. The number of allylic oxidation sites excluding steroid dienone is 9. The number of carboxylic acid groups (broad SMARTS) is 1. The highest BCUT2D eigenvalue weighted by Gasteiger charge is 2.35. The van der Waals surface area contributed by atoms with Crippen LogP contribution in [0.2, 0.25) is 0 Å². The molecule has 2 unspecified atom stereocenters. The Morgan fingerprint density at radius 2 is 1.60 bits per heavy atom. The van der Waals surface area contributed by atoms with Crippen LogP contribution in [0.4, 0.5) is 0 Å². The van der Waals surface area contributed by atoms with E-state index < -0.39 is 66.5 Å². The Bertz CT molecular complexity index is 1050. The van der Waals surface area contributed by atoms with Crippen LogP contribution in [0, 0.1) is 11.8 Å². The molecule has 0 amide bonds. The summed E-state index contributed by atoms with van der Waals surface area (Å²) in [4.78, 5) is 23.2. The predicted octanol–water partition coefficient (Wildman–Crippen LogP) is 3.07. The first kappa shape index (κ1) is 38.5. The van der Waals surface area contributed by atoms with Gasteiger partial charge in [0.2, 0.25) is 0 Å². The van der Waals surface area contributed by atoms with Gasteiger partial charge in [0.25, 0.3) is 0 Å². The van der Waals surface area contributed by atoms with Crippen LogP contribution in [0.5, 0.6) is 0 Å². The van der Waals surface area contributed by atoms with Gasteiger partial charge in [0.15, 0.2) is 0 Å². The molecular weight excluding hydrogens is 580 g/mol. The number of ether oxygens (including phenoxy) is 1. The van der Waals surface area contributed by atoms with Crippen molar-refractivity contribution in [1.29, 1.82) is 0 Å². The van der Waals surface area contributed by atoms with Gasteiger partial charge in [0.05, 0.1) is 36.4 Å². The second-order valence-electron chi connectivity index (χ2n) is 10.8. The Morgan fingerprint density at radius 3 is 2.26 bits per heavy atom. The quantitative estimate of drug-likeness (QED) is 0.0548. The van der Waals surface area contributed by atoms with Crippen molar-refractivity contribution in [3.63, 3.8) is 0 Å². The van der Waals surface area contributed by atoms with E-state index >= 15 is 0 Å². The zero-order valence-electron chi connectivity index (χ0n) is 24.9. The first-order valence-electron chi connectivity index (χ1n) is 14.5. The molecule has 0 spiro atoms. The lowest BCUT2D eigenvalue weighted by molar-refractivity contribution is -0.159. The summed E-state index contributed by atoms with van der Waals surface area (Å²) in [5, 5.41) is 70.4. The lowest BCUT2D eigenvalue weighted by atomic mass is 9.85. The van der Waals surface area contributed by atoms with Gasteiger partial charge in [-0.2, -0.15) is 0 Å². The average molecular weight is 627 g/mol. The summed E-state index contributed by atoms with van der Waals surface area (Å²) in [7, 11) is 0. The third-order valence-corrected chi connectivity index (χ3v) is 7.58. The average Bonchev–Trinajstić information content (AvgIpc) is 2.95. The van der Waals surface area contributed by atoms with Crippen molar-refractivity contribution in [2.45, 2.75) is 102 Å². The zero-order chi connectivity index (χ0) is 32.5. The molecule has 0 radical (unpaired) electrons. The second-order valence-corrected chi connectivity index (χ2v) is 11.3. The maximum atomic E-state index is 12.0. The molecule has 1 aliphatic carbocycles. The molecule has 1 rings (SSSR count). The number of aliphatic hydroxyl groups is 6. The minimum absolute atomic E-state index is 0.00963. The van der Waals surface area contributed by atoms with Crippen molar-refractivity contribution in [3.05, 3.63) is 71.4 Å². The largest absolute Gasteiger partial charge is 0.481 e. The van der Waals surface area contributed by atoms with Gasteiger partial charge in [-0.05, 0) is 32.3 Å². The minimum Gasteiger partial charge on any atom is -0.481 e. The highest BCUT2D eigenvalue weighted by atomic mass is 35.5. The van der Waals surface area contributed by atoms with Crippen molar-refractivity contribution in [2.75, 3.05) is 0 Å². The van der Waals surface area contributed by atoms with E-state index in [1.165, 1.54) is 18.2 Å². The fourth-order valence-corrected chi connectivity index (χ4v) is 4.61. The van der Waals surface area contributed by atoms with Gasteiger partial charge in [0.1, 0.15) is 12.2 Å². The Labute approximate surface area is 258 Å². The van der Waals surface area contributed by atoms with Crippen LogP contribution in [0.25, 0.3) is 0 Å². The zero-order valence-corrected chi connectivity index (χ0v) is 25.7. The van der Waals surface area contributed by atoms with Crippen LogP contribution in [-0.2, 0) is 14.3 Å². The number of carbonyl (C=O) groups is 2. The fourth-order valence-electron chi connectivity index (χ4n) is 4.41. The number of aliphatic carboxylic acids is 1. The Balaban J connectivity index is 2.56. The van der Waals surface area contributed by atoms with Gasteiger partial charge in [-0.1, -0.05) is 79.6 Å². The van der Waals surface area contributed by atoms with E-state index in [0.29, 0.717) is 6.42 Å². The number of aliphatic hydroxyl groups excluding tert-OH is 6. The van der Waals surface area contributed by atoms with Crippen LogP contribution >= 0.6 is 11.6 Å². The maximum absolute atomic E-state index is 12.0. The number of carbonyl (C=O) groups excluding carboxylic acids is 1. The summed E-state index contributed by atoms with van der Waals surface area (Å²) in [6.45, 7) is 5.32. The van der Waals surface area contributed by atoms with Crippen molar-refractivity contribution in [1.82, 2.24) is 0 Å². The molecule has 1 aliphatic rings. The summed E-state index contributed by atoms with van der Waals surface area (Å²) in [5.41, 5.74) is 0.825. The lowest BCUT2D eigenvalue weighted by Crippen LogP contribution is -2.42. The molecule has 9 atom stereocenters. The normalized spacial score (nSPS) is 24.8. The molecule has 0 aliphatic heterocycles. The molecule has 0 aromatic heterocycles. The molecule has 1 fully saturated rings. The molecule has 0 aromatic rings. The van der Waals surface area contributed by atoms with Crippen LogP contribution in [-0.4, -0.2) is 90.4 Å². The number of halogens is 1. The predicted molar refractivity (Wildman–Crippen MR) is 164 cm³/mol. The number of rotatable bonds is 17. The smallest absolute Gasteiger partial charge is 0.331 e. The van der Waals surface area contributed by atoms with Gasteiger partial charge >= 0.3 is 11.9 Å². The highest BCUT2D eigenvalue weighted by Crippen LogP contribution is 2.27. The second kappa shape index (κ2) is 20.4. The third-order valence-electron chi connectivity index (χ3n) is 7.11. The van der Waals surface area contributed by atoms with Crippen LogP contribution in [0.15, 0.2) is 71.4 Å². The van der Waals surface area contributed by atoms with Gasteiger partial charge in [-0.15, -0.1) is 0 Å². The molecule has 10 nitrogen and oxygen atoms in total. The standard InChI is InChI=1S/C32H47ClO10/c1-4-5-12-23(34)18-24(35)19-27(37)31(40)30(39)21(3)25(33)13-8-6-10-20(2)11-7-9-14-29(38)43-28-17-22(32(41)42)15-16-26(28)36/h5-14,21-24,26-28,30-31,34-37,39-40H,4,15-19H2,1-3H3,(H,41,42)/b8-6+,11-7+,12-5+,14-9+,20-10+,25-13-/t21-,22?,23-,24+,26+,27?,28-,30-,31-/m1/s1. The molecule has 0 aromatic carbocycles. The summed E-state index contributed by atoms with van der Waals surface area (Å²) in [5.74, 6) is -3.01. The van der Waals surface area contributed by atoms with Gasteiger partial charge < -0.3 is 40.5 Å².